The number of hydrogen-bond donors (Lipinski definition) is 1. The van der Waals surface area contributed by atoms with E-state index in [1.54, 1.807) is 12.1 Å². The minimum Gasteiger partial charge on any atom is -0.349 e. The van der Waals surface area contributed by atoms with Gasteiger partial charge in [-0.3, -0.25) is 24.2 Å². The van der Waals surface area contributed by atoms with Crippen LogP contribution in [0, 0.1) is 0 Å². The van der Waals surface area contributed by atoms with Gasteiger partial charge < -0.3 is 5.32 Å². The van der Waals surface area contributed by atoms with Crippen molar-refractivity contribution in [2.45, 2.75) is 37.9 Å². The normalized spacial score (nSPS) is 20.8. The summed E-state index contributed by atoms with van der Waals surface area (Å²) in [5, 5.41) is 3.08. The zero-order valence-corrected chi connectivity index (χ0v) is 16.3. The molecule has 0 bridgehead atoms. The number of benzene rings is 2. The van der Waals surface area contributed by atoms with Gasteiger partial charge in [-0.1, -0.05) is 48.5 Å². The van der Waals surface area contributed by atoms with E-state index in [4.69, 9.17) is 0 Å². The average molecular weight is 391 g/mol. The fourth-order valence-corrected chi connectivity index (χ4v) is 4.10. The predicted octanol–water partition coefficient (Wildman–Crippen LogP) is 2.21. The molecule has 2 aromatic carbocycles. The Morgan fingerprint density at radius 1 is 0.931 bits per heavy atom. The Bertz CT molecular complexity index is 877. The van der Waals surface area contributed by atoms with Crippen molar-refractivity contribution in [3.05, 3.63) is 71.8 Å². The van der Waals surface area contributed by atoms with E-state index in [-0.39, 0.29) is 36.2 Å². The van der Waals surface area contributed by atoms with Crippen molar-refractivity contribution >= 4 is 17.7 Å². The highest BCUT2D eigenvalue weighted by Gasteiger charge is 2.42. The average Bonchev–Trinajstić information content (AvgIpc) is 3.04. The number of carbonyl (C=O) groups is 3. The van der Waals surface area contributed by atoms with E-state index in [9.17, 15) is 14.4 Å². The van der Waals surface area contributed by atoms with Gasteiger partial charge in [0.15, 0.2) is 0 Å². The maximum atomic E-state index is 12.9. The zero-order valence-electron chi connectivity index (χ0n) is 16.3. The molecular formula is C23H25N3O3. The number of amides is 3. The summed E-state index contributed by atoms with van der Waals surface area (Å²) in [5.41, 5.74) is 1.61. The number of nitrogens with one attached hydrogen (secondary N) is 1. The molecule has 1 atom stereocenters. The monoisotopic (exact) mass is 391 g/mol. The van der Waals surface area contributed by atoms with Gasteiger partial charge in [0.05, 0.1) is 19.0 Å². The summed E-state index contributed by atoms with van der Waals surface area (Å²) in [6, 6.07) is 18.5. The molecule has 6 nitrogen and oxygen atoms in total. The van der Waals surface area contributed by atoms with Crippen LogP contribution in [0.5, 0.6) is 0 Å². The fourth-order valence-electron chi connectivity index (χ4n) is 4.10. The van der Waals surface area contributed by atoms with Crippen LogP contribution in [0.3, 0.4) is 0 Å². The summed E-state index contributed by atoms with van der Waals surface area (Å²) in [4.78, 5) is 41.1. The van der Waals surface area contributed by atoms with Crippen molar-refractivity contribution in [3.63, 3.8) is 0 Å². The second-order valence-corrected chi connectivity index (χ2v) is 7.67. The quantitative estimate of drug-likeness (QED) is 0.794. The van der Waals surface area contributed by atoms with E-state index in [2.05, 4.69) is 10.2 Å². The van der Waals surface area contributed by atoms with Crippen molar-refractivity contribution in [1.29, 1.82) is 0 Å². The van der Waals surface area contributed by atoms with Gasteiger partial charge in [0.2, 0.25) is 11.8 Å². The van der Waals surface area contributed by atoms with Gasteiger partial charge in [-0.25, -0.2) is 0 Å². The van der Waals surface area contributed by atoms with Gasteiger partial charge in [-0.2, -0.15) is 0 Å². The highest BCUT2D eigenvalue weighted by molar-refractivity contribution is 6.05. The summed E-state index contributed by atoms with van der Waals surface area (Å²) >= 11 is 0. The molecule has 150 valence electrons. The Kier molecular flexibility index (Phi) is 5.71. The van der Waals surface area contributed by atoms with E-state index in [0.29, 0.717) is 25.2 Å². The number of likely N-dealkylation sites (tertiary alicyclic amines) is 2. The predicted molar refractivity (Wildman–Crippen MR) is 109 cm³/mol. The molecule has 2 aliphatic rings. The standard InChI is InChI=1S/C23H25N3O3/c27-21-15-20(23(29)26(21)16-17-7-3-1-4-8-17)25-13-11-19(12-14-25)24-22(28)18-9-5-2-6-10-18/h1-10,19-20H,11-16H2,(H,24,28)/t20-/m1/s1. The Labute approximate surface area is 170 Å². The van der Waals surface area contributed by atoms with Gasteiger partial charge >= 0.3 is 0 Å². The van der Waals surface area contributed by atoms with E-state index < -0.39 is 0 Å². The fraction of sp³-hybridized carbons (Fsp3) is 0.348. The molecule has 0 radical (unpaired) electrons. The van der Waals surface area contributed by atoms with Crippen molar-refractivity contribution in [3.8, 4) is 0 Å². The Balaban J connectivity index is 1.31. The molecule has 0 aliphatic carbocycles. The van der Waals surface area contributed by atoms with Crippen LogP contribution in [0.2, 0.25) is 0 Å². The summed E-state index contributed by atoms with van der Waals surface area (Å²) in [6.07, 6.45) is 1.79. The van der Waals surface area contributed by atoms with Crippen molar-refractivity contribution in [2.24, 2.45) is 0 Å². The second-order valence-electron chi connectivity index (χ2n) is 7.67. The molecule has 2 aromatic rings. The van der Waals surface area contributed by atoms with E-state index in [0.717, 1.165) is 18.4 Å². The number of carbonyl (C=O) groups excluding carboxylic acids is 3. The first kappa shape index (κ1) is 19.3. The minimum absolute atomic E-state index is 0.0646. The van der Waals surface area contributed by atoms with Crippen LogP contribution in [0.15, 0.2) is 60.7 Å². The lowest BCUT2D eigenvalue weighted by Crippen LogP contribution is -2.50. The third-order valence-corrected chi connectivity index (χ3v) is 5.75. The first-order valence-electron chi connectivity index (χ1n) is 10.1. The third-order valence-electron chi connectivity index (χ3n) is 5.75. The largest absolute Gasteiger partial charge is 0.349 e. The Hall–Kier alpha value is -2.99. The SMILES string of the molecule is O=C(NC1CCN([C@@H]2CC(=O)N(Cc3ccccc3)C2=O)CC1)c1ccccc1. The van der Waals surface area contributed by atoms with E-state index in [1.807, 2.05) is 48.5 Å². The molecule has 2 heterocycles. The Morgan fingerprint density at radius 2 is 1.55 bits per heavy atom. The third kappa shape index (κ3) is 4.38. The molecule has 0 saturated carbocycles. The maximum absolute atomic E-state index is 12.9. The van der Waals surface area contributed by atoms with Crippen LogP contribution in [0.1, 0.15) is 35.2 Å². The highest BCUT2D eigenvalue weighted by atomic mass is 16.2. The van der Waals surface area contributed by atoms with Crippen LogP contribution in [0.25, 0.3) is 0 Å². The van der Waals surface area contributed by atoms with Crippen molar-refractivity contribution in [2.75, 3.05) is 13.1 Å². The number of hydrogen-bond acceptors (Lipinski definition) is 4. The molecule has 29 heavy (non-hydrogen) atoms. The van der Waals surface area contributed by atoms with Crippen LogP contribution in [-0.2, 0) is 16.1 Å². The smallest absolute Gasteiger partial charge is 0.251 e. The van der Waals surface area contributed by atoms with Crippen LogP contribution < -0.4 is 5.32 Å². The summed E-state index contributed by atoms with van der Waals surface area (Å²) in [5.74, 6) is -0.279. The molecule has 4 rings (SSSR count). The number of imide groups is 1. The van der Waals surface area contributed by atoms with Gasteiger partial charge in [-0.05, 0) is 30.5 Å². The highest BCUT2D eigenvalue weighted by Crippen LogP contribution is 2.24. The van der Waals surface area contributed by atoms with E-state index in [1.165, 1.54) is 4.90 Å². The second kappa shape index (κ2) is 8.57. The molecule has 1 N–H and O–H groups in total. The van der Waals surface area contributed by atoms with Gasteiger partial charge in [0, 0.05) is 24.7 Å². The first-order chi connectivity index (χ1) is 14.1. The first-order valence-corrected chi connectivity index (χ1v) is 10.1. The maximum Gasteiger partial charge on any atom is 0.251 e. The molecule has 3 amide bonds. The molecule has 6 heteroatoms. The Morgan fingerprint density at radius 3 is 2.21 bits per heavy atom. The van der Waals surface area contributed by atoms with Crippen molar-refractivity contribution < 1.29 is 14.4 Å². The molecule has 2 saturated heterocycles. The van der Waals surface area contributed by atoms with Gasteiger partial charge in [0.25, 0.3) is 5.91 Å². The number of nitrogens with zero attached hydrogens (tertiary/aromatic N) is 2. The molecule has 2 fully saturated rings. The topological polar surface area (TPSA) is 69.7 Å². The molecule has 0 unspecified atom stereocenters. The molecule has 0 aromatic heterocycles. The lowest BCUT2D eigenvalue weighted by molar-refractivity contribution is -0.140. The number of piperidine rings is 1. The summed E-state index contributed by atoms with van der Waals surface area (Å²) in [6.45, 7) is 1.73. The molecular weight excluding hydrogens is 366 g/mol. The summed E-state index contributed by atoms with van der Waals surface area (Å²) in [7, 11) is 0. The molecule has 2 aliphatic heterocycles. The summed E-state index contributed by atoms with van der Waals surface area (Å²) < 4.78 is 0. The molecule has 0 spiro atoms. The van der Waals surface area contributed by atoms with Crippen LogP contribution >= 0.6 is 0 Å². The zero-order chi connectivity index (χ0) is 20.2. The lowest BCUT2D eigenvalue weighted by atomic mass is 10.0. The lowest BCUT2D eigenvalue weighted by Gasteiger charge is -2.35. The van der Waals surface area contributed by atoms with Crippen LogP contribution in [-0.4, -0.2) is 52.7 Å². The minimum atomic E-state index is -0.378. The van der Waals surface area contributed by atoms with Gasteiger partial charge in [-0.15, -0.1) is 0 Å². The van der Waals surface area contributed by atoms with E-state index >= 15 is 0 Å². The van der Waals surface area contributed by atoms with Gasteiger partial charge in [0.1, 0.15) is 0 Å². The van der Waals surface area contributed by atoms with Crippen molar-refractivity contribution in [1.82, 2.24) is 15.1 Å². The number of rotatable bonds is 5. The van der Waals surface area contributed by atoms with Crippen LogP contribution in [0.4, 0.5) is 0 Å².